The van der Waals surface area contributed by atoms with Crippen LogP contribution in [0.5, 0.6) is 0 Å². The molecule has 15 heavy (non-hydrogen) atoms. The lowest BCUT2D eigenvalue weighted by molar-refractivity contribution is 0.501. The highest BCUT2D eigenvalue weighted by molar-refractivity contribution is 4.94. The normalized spacial score (nSPS) is 11.7. The number of rotatable bonds is 4. The zero-order chi connectivity index (χ0) is 11.6. The van der Waals surface area contributed by atoms with Gasteiger partial charge in [0.05, 0.1) is 6.04 Å². The summed E-state index contributed by atoms with van der Waals surface area (Å²) in [5, 5.41) is 4.39. The molecule has 0 atom stereocenters. The predicted molar refractivity (Wildman–Crippen MR) is 61.3 cm³/mol. The Hall–Kier alpha value is -1.06. The third-order valence-corrected chi connectivity index (χ3v) is 2.37. The second-order valence-electron chi connectivity index (χ2n) is 4.49. The summed E-state index contributed by atoms with van der Waals surface area (Å²) in [6.07, 6.45) is 0.962. The molecular weight excluding hydrogens is 190 g/mol. The molecule has 0 aliphatic rings. The summed E-state index contributed by atoms with van der Waals surface area (Å²) in [7, 11) is 0. The Morgan fingerprint density at radius 1 is 1.27 bits per heavy atom. The van der Waals surface area contributed by atoms with Gasteiger partial charge >= 0.3 is 5.69 Å². The summed E-state index contributed by atoms with van der Waals surface area (Å²) in [4.78, 5) is 12.0. The highest BCUT2D eigenvalue weighted by Gasteiger charge is 2.16. The maximum atomic E-state index is 12.0. The van der Waals surface area contributed by atoms with E-state index in [1.165, 1.54) is 0 Å². The first-order valence-electron chi connectivity index (χ1n) is 5.68. The highest BCUT2D eigenvalue weighted by atomic mass is 16.2. The van der Waals surface area contributed by atoms with Crippen LogP contribution in [0.15, 0.2) is 4.79 Å². The predicted octanol–water partition coefficient (Wildman–Crippen LogP) is 2.16. The molecule has 0 aliphatic heterocycles. The van der Waals surface area contributed by atoms with Crippen LogP contribution >= 0.6 is 0 Å². The van der Waals surface area contributed by atoms with Crippen LogP contribution in [-0.2, 0) is 6.54 Å². The lowest BCUT2D eigenvalue weighted by atomic mass is 10.2. The third kappa shape index (κ3) is 2.30. The van der Waals surface area contributed by atoms with Crippen molar-refractivity contribution in [3.63, 3.8) is 0 Å². The van der Waals surface area contributed by atoms with E-state index in [2.05, 4.69) is 25.9 Å². The van der Waals surface area contributed by atoms with Crippen LogP contribution in [0.3, 0.4) is 0 Å². The molecule has 0 aromatic carbocycles. The first kappa shape index (κ1) is 12.0. The summed E-state index contributed by atoms with van der Waals surface area (Å²) < 4.78 is 3.37. The van der Waals surface area contributed by atoms with Crippen molar-refractivity contribution in [1.29, 1.82) is 0 Å². The van der Waals surface area contributed by atoms with E-state index < -0.39 is 0 Å². The van der Waals surface area contributed by atoms with Crippen molar-refractivity contribution < 1.29 is 0 Å². The molecule has 4 nitrogen and oxygen atoms in total. The average molecular weight is 211 g/mol. The van der Waals surface area contributed by atoms with Gasteiger partial charge < -0.3 is 0 Å². The van der Waals surface area contributed by atoms with Gasteiger partial charge in [0.1, 0.15) is 5.82 Å². The summed E-state index contributed by atoms with van der Waals surface area (Å²) in [5.74, 6) is 1.19. The van der Waals surface area contributed by atoms with Crippen LogP contribution in [-0.4, -0.2) is 14.3 Å². The maximum Gasteiger partial charge on any atom is 0.346 e. The van der Waals surface area contributed by atoms with E-state index in [0.29, 0.717) is 5.92 Å². The van der Waals surface area contributed by atoms with Crippen LogP contribution in [0, 0.1) is 0 Å². The summed E-state index contributed by atoms with van der Waals surface area (Å²) in [5.41, 5.74) is 0.0237. The molecule has 1 rings (SSSR count). The fourth-order valence-corrected chi connectivity index (χ4v) is 1.63. The highest BCUT2D eigenvalue weighted by Crippen LogP contribution is 2.11. The van der Waals surface area contributed by atoms with E-state index in [4.69, 9.17) is 0 Å². The molecule has 1 aromatic rings. The van der Waals surface area contributed by atoms with Gasteiger partial charge in [-0.3, -0.25) is 4.57 Å². The Morgan fingerprint density at radius 2 is 1.87 bits per heavy atom. The Morgan fingerprint density at radius 3 is 2.27 bits per heavy atom. The minimum atomic E-state index is 0.0237. The van der Waals surface area contributed by atoms with Crippen molar-refractivity contribution in [1.82, 2.24) is 14.3 Å². The van der Waals surface area contributed by atoms with Crippen molar-refractivity contribution in [2.24, 2.45) is 0 Å². The monoisotopic (exact) mass is 211 g/mol. The van der Waals surface area contributed by atoms with Gasteiger partial charge in [0.2, 0.25) is 0 Å². The Kier molecular flexibility index (Phi) is 3.72. The number of hydrogen-bond donors (Lipinski definition) is 0. The van der Waals surface area contributed by atoms with E-state index in [1.807, 2.05) is 13.8 Å². The zero-order valence-electron chi connectivity index (χ0n) is 10.3. The standard InChI is InChI=1S/C11H21N3O/c1-6-7-13-10(8(2)3)12-14(9(4)5)11(13)15/h8-9H,6-7H2,1-5H3. The quantitative estimate of drug-likeness (QED) is 0.765. The second kappa shape index (κ2) is 4.64. The Bertz CT molecular complexity index is 374. The van der Waals surface area contributed by atoms with Crippen molar-refractivity contribution in [3.05, 3.63) is 16.3 Å². The van der Waals surface area contributed by atoms with Gasteiger partial charge in [0.25, 0.3) is 0 Å². The molecule has 1 aromatic heterocycles. The molecule has 1 heterocycles. The molecule has 0 bridgehead atoms. The van der Waals surface area contributed by atoms with Gasteiger partial charge in [-0.25, -0.2) is 9.48 Å². The van der Waals surface area contributed by atoms with Gasteiger partial charge in [0, 0.05) is 12.5 Å². The Balaban J connectivity index is 3.26. The third-order valence-electron chi connectivity index (χ3n) is 2.37. The molecule has 4 heteroatoms. The van der Waals surface area contributed by atoms with E-state index in [9.17, 15) is 4.79 Å². The number of nitrogens with zero attached hydrogens (tertiary/aromatic N) is 3. The van der Waals surface area contributed by atoms with Crippen LogP contribution in [0.4, 0.5) is 0 Å². The van der Waals surface area contributed by atoms with Crippen molar-refractivity contribution in [3.8, 4) is 0 Å². The molecule has 0 spiro atoms. The topological polar surface area (TPSA) is 39.8 Å². The fraction of sp³-hybridized carbons (Fsp3) is 0.818. The van der Waals surface area contributed by atoms with E-state index in [-0.39, 0.29) is 11.7 Å². The molecule has 86 valence electrons. The molecule has 0 unspecified atom stereocenters. The van der Waals surface area contributed by atoms with Crippen molar-refractivity contribution in [2.75, 3.05) is 0 Å². The SMILES string of the molecule is CCCn1c(C(C)C)nn(C(C)C)c1=O. The first-order chi connectivity index (χ1) is 6.99. The molecule has 0 amide bonds. The lowest BCUT2D eigenvalue weighted by Crippen LogP contribution is -2.26. The van der Waals surface area contributed by atoms with E-state index in [1.54, 1.807) is 9.25 Å². The number of aromatic nitrogens is 3. The summed E-state index contributed by atoms with van der Waals surface area (Å²) in [6, 6.07) is 0.133. The van der Waals surface area contributed by atoms with E-state index in [0.717, 1.165) is 18.8 Å². The molecule has 0 N–H and O–H groups in total. The Labute approximate surface area is 90.9 Å². The van der Waals surface area contributed by atoms with Crippen LogP contribution in [0.2, 0.25) is 0 Å². The minimum Gasteiger partial charge on any atom is -0.279 e. The smallest absolute Gasteiger partial charge is 0.279 e. The molecule has 0 fully saturated rings. The van der Waals surface area contributed by atoms with Gasteiger partial charge in [-0.05, 0) is 20.3 Å². The van der Waals surface area contributed by atoms with Crippen molar-refractivity contribution in [2.45, 2.75) is 59.5 Å². The van der Waals surface area contributed by atoms with Gasteiger partial charge in [-0.2, -0.15) is 5.10 Å². The summed E-state index contributed by atoms with van der Waals surface area (Å²) >= 11 is 0. The van der Waals surface area contributed by atoms with Gasteiger partial charge in [-0.1, -0.05) is 20.8 Å². The molecule has 0 aliphatic carbocycles. The summed E-state index contributed by atoms with van der Waals surface area (Å²) in [6.45, 7) is 10.9. The number of hydrogen-bond acceptors (Lipinski definition) is 2. The van der Waals surface area contributed by atoms with Crippen molar-refractivity contribution >= 4 is 0 Å². The van der Waals surface area contributed by atoms with Crippen LogP contribution < -0.4 is 5.69 Å². The van der Waals surface area contributed by atoms with Crippen LogP contribution in [0.1, 0.15) is 58.8 Å². The second-order valence-corrected chi connectivity index (χ2v) is 4.49. The maximum absolute atomic E-state index is 12.0. The molecule has 0 radical (unpaired) electrons. The molecule has 0 saturated heterocycles. The first-order valence-corrected chi connectivity index (χ1v) is 5.68. The minimum absolute atomic E-state index is 0.0237. The van der Waals surface area contributed by atoms with E-state index >= 15 is 0 Å². The van der Waals surface area contributed by atoms with Gasteiger partial charge in [0.15, 0.2) is 0 Å². The largest absolute Gasteiger partial charge is 0.346 e. The molecule has 0 saturated carbocycles. The zero-order valence-corrected chi connectivity index (χ0v) is 10.3. The fourth-order valence-electron chi connectivity index (χ4n) is 1.63. The lowest BCUT2D eigenvalue weighted by Gasteiger charge is -2.05. The van der Waals surface area contributed by atoms with Crippen LogP contribution in [0.25, 0.3) is 0 Å². The molecular formula is C11H21N3O. The van der Waals surface area contributed by atoms with Gasteiger partial charge in [-0.15, -0.1) is 0 Å². The average Bonchev–Trinajstić information content (AvgIpc) is 2.45.